The molecule has 4 aromatic rings. The Morgan fingerprint density at radius 1 is 1.00 bits per heavy atom. The van der Waals surface area contributed by atoms with Crippen LogP contribution in [0.3, 0.4) is 0 Å². The number of halogens is 2. The van der Waals surface area contributed by atoms with E-state index in [0.717, 1.165) is 16.0 Å². The number of hydrogen-bond donors (Lipinski definition) is 0. The molecule has 4 nitrogen and oxygen atoms in total. The third kappa shape index (κ3) is 4.48. The highest BCUT2D eigenvalue weighted by Gasteiger charge is 2.19. The molecule has 0 N–H and O–H groups in total. The number of anilines is 1. The summed E-state index contributed by atoms with van der Waals surface area (Å²) < 4.78 is 0.918. The Morgan fingerprint density at radius 3 is 2.55 bits per heavy atom. The maximum absolute atomic E-state index is 13.1. The van der Waals surface area contributed by atoms with Gasteiger partial charge in [0, 0.05) is 17.3 Å². The lowest BCUT2D eigenvalue weighted by Crippen LogP contribution is -2.29. The van der Waals surface area contributed by atoms with Crippen molar-refractivity contribution in [3.63, 3.8) is 0 Å². The second-order valence-corrected chi connectivity index (χ2v) is 8.01. The lowest BCUT2D eigenvalue weighted by atomic mass is 10.2. The minimum Gasteiger partial charge on any atom is -0.278 e. The Hall–Kier alpha value is -2.73. The first kappa shape index (κ1) is 19.6. The molecule has 0 saturated carbocycles. The SMILES string of the molecule is O=C(/C=C/c1ccccc1Cl)N(Cc1ccccn1)c1nc2c(Cl)cccc2s1. The van der Waals surface area contributed by atoms with Crippen molar-refractivity contribution in [3.05, 3.63) is 94.2 Å². The van der Waals surface area contributed by atoms with Gasteiger partial charge in [-0.2, -0.15) is 0 Å². The molecule has 2 aromatic carbocycles. The van der Waals surface area contributed by atoms with Crippen molar-refractivity contribution in [3.8, 4) is 0 Å². The zero-order valence-electron chi connectivity index (χ0n) is 15.1. The quantitative estimate of drug-likeness (QED) is 0.345. The monoisotopic (exact) mass is 439 g/mol. The summed E-state index contributed by atoms with van der Waals surface area (Å²) in [5.74, 6) is -0.217. The van der Waals surface area contributed by atoms with Crippen LogP contribution in [0.1, 0.15) is 11.3 Å². The van der Waals surface area contributed by atoms with Crippen LogP contribution in [0.25, 0.3) is 16.3 Å². The Balaban J connectivity index is 1.70. The first-order chi connectivity index (χ1) is 14.1. The second kappa shape index (κ2) is 8.74. The second-order valence-electron chi connectivity index (χ2n) is 6.18. The summed E-state index contributed by atoms with van der Waals surface area (Å²) in [6, 6.07) is 18.6. The molecule has 0 fully saturated rings. The average Bonchev–Trinajstić information content (AvgIpc) is 3.17. The van der Waals surface area contributed by atoms with Crippen LogP contribution in [0.4, 0.5) is 5.13 Å². The van der Waals surface area contributed by atoms with Crippen LogP contribution >= 0.6 is 34.5 Å². The Morgan fingerprint density at radius 2 is 1.79 bits per heavy atom. The van der Waals surface area contributed by atoms with E-state index < -0.39 is 0 Å². The third-order valence-corrected chi connectivity index (χ3v) is 5.91. The van der Waals surface area contributed by atoms with Crippen molar-refractivity contribution < 1.29 is 4.79 Å². The van der Waals surface area contributed by atoms with Crippen LogP contribution in [0, 0.1) is 0 Å². The number of amides is 1. The minimum absolute atomic E-state index is 0.217. The maximum Gasteiger partial charge on any atom is 0.253 e. The highest BCUT2D eigenvalue weighted by molar-refractivity contribution is 7.22. The zero-order chi connectivity index (χ0) is 20.2. The number of para-hydroxylation sites is 1. The molecule has 0 atom stereocenters. The molecule has 2 aromatic heterocycles. The van der Waals surface area contributed by atoms with Crippen LogP contribution in [0.2, 0.25) is 10.0 Å². The lowest BCUT2D eigenvalue weighted by molar-refractivity contribution is -0.114. The molecule has 0 saturated heterocycles. The fourth-order valence-corrected chi connectivity index (χ4v) is 4.24. The maximum atomic E-state index is 13.1. The summed E-state index contributed by atoms with van der Waals surface area (Å²) in [6.45, 7) is 0.296. The largest absolute Gasteiger partial charge is 0.278 e. The van der Waals surface area contributed by atoms with Crippen molar-refractivity contribution >= 4 is 61.9 Å². The normalized spacial score (nSPS) is 11.2. The third-order valence-electron chi connectivity index (χ3n) is 4.21. The van der Waals surface area contributed by atoms with E-state index in [1.54, 1.807) is 29.3 Å². The number of pyridine rings is 1. The number of aromatic nitrogens is 2. The van der Waals surface area contributed by atoms with E-state index in [1.807, 2.05) is 48.5 Å². The molecule has 7 heteroatoms. The summed E-state index contributed by atoms with van der Waals surface area (Å²) in [5.41, 5.74) is 2.22. The molecule has 0 spiro atoms. The van der Waals surface area contributed by atoms with Gasteiger partial charge in [-0.15, -0.1) is 0 Å². The van der Waals surface area contributed by atoms with Crippen molar-refractivity contribution in [1.29, 1.82) is 0 Å². The van der Waals surface area contributed by atoms with Crippen LogP contribution in [-0.4, -0.2) is 15.9 Å². The smallest absolute Gasteiger partial charge is 0.253 e. The fourth-order valence-electron chi connectivity index (χ4n) is 2.77. The fraction of sp³-hybridized carbons (Fsp3) is 0.0455. The van der Waals surface area contributed by atoms with Gasteiger partial charge < -0.3 is 0 Å². The van der Waals surface area contributed by atoms with Gasteiger partial charge >= 0.3 is 0 Å². The van der Waals surface area contributed by atoms with E-state index in [2.05, 4.69) is 9.97 Å². The molecule has 2 heterocycles. The van der Waals surface area contributed by atoms with Gasteiger partial charge in [0.2, 0.25) is 0 Å². The summed E-state index contributed by atoms with van der Waals surface area (Å²) >= 11 is 13.9. The number of hydrogen-bond acceptors (Lipinski definition) is 4. The Bertz CT molecular complexity index is 1190. The minimum atomic E-state index is -0.217. The van der Waals surface area contributed by atoms with E-state index in [9.17, 15) is 4.79 Å². The summed E-state index contributed by atoms with van der Waals surface area (Å²) in [7, 11) is 0. The van der Waals surface area contributed by atoms with Gasteiger partial charge in [0.15, 0.2) is 5.13 Å². The predicted octanol–water partition coefficient (Wildman–Crippen LogP) is 6.24. The van der Waals surface area contributed by atoms with Crippen molar-refractivity contribution in [2.24, 2.45) is 0 Å². The highest BCUT2D eigenvalue weighted by atomic mass is 35.5. The highest BCUT2D eigenvalue weighted by Crippen LogP contribution is 2.33. The number of fused-ring (bicyclic) bond motifs is 1. The lowest BCUT2D eigenvalue weighted by Gasteiger charge is -2.17. The number of carbonyl (C=O) groups is 1. The summed E-state index contributed by atoms with van der Waals surface area (Å²) in [6.07, 6.45) is 4.90. The molecule has 0 radical (unpaired) electrons. The van der Waals surface area contributed by atoms with Crippen molar-refractivity contribution in [2.45, 2.75) is 6.54 Å². The molecule has 0 bridgehead atoms. The van der Waals surface area contributed by atoms with Gasteiger partial charge in [-0.1, -0.05) is 64.9 Å². The number of nitrogens with zero attached hydrogens (tertiary/aromatic N) is 3. The van der Waals surface area contributed by atoms with Crippen LogP contribution < -0.4 is 4.90 Å². The summed E-state index contributed by atoms with van der Waals surface area (Å²) in [4.78, 5) is 23.6. The van der Waals surface area contributed by atoms with Crippen LogP contribution in [0.15, 0.2) is 72.9 Å². The molecule has 144 valence electrons. The molecule has 0 aliphatic carbocycles. The van der Waals surface area contributed by atoms with E-state index in [1.165, 1.54) is 17.4 Å². The average molecular weight is 440 g/mol. The molecule has 0 aliphatic heterocycles. The van der Waals surface area contributed by atoms with E-state index in [-0.39, 0.29) is 5.91 Å². The number of rotatable bonds is 5. The first-order valence-corrected chi connectivity index (χ1v) is 10.4. The Labute approximate surface area is 182 Å². The molecule has 29 heavy (non-hydrogen) atoms. The molecule has 0 aliphatic rings. The van der Waals surface area contributed by atoms with Gasteiger partial charge in [-0.25, -0.2) is 4.98 Å². The number of thiazole rings is 1. The molecule has 0 unspecified atom stereocenters. The van der Waals surface area contributed by atoms with Crippen LogP contribution in [-0.2, 0) is 11.3 Å². The van der Waals surface area contributed by atoms with E-state index in [0.29, 0.717) is 27.2 Å². The van der Waals surface area contributed by atoms with Gasteiger partial charge in [-0.3, -0.25) is 14.7 Å². The standard InChI is InChI=1S/C22H15Cl2N3OS/c23-17-8-2-1-6-15(17)11-12-20(28)27(14-16-7-3-4-13-25-16)22-26-21-18(24)9-5-10-19(21)29-22/h1-13H,14H2/b12-11+. The van der Waals surface area contributed by atoms with Crippen molar-refractivity contribution in [2.75, 3.05) is 4.90 Å². The van der Waals surface area contributed by atoms with Gasteiger partial charge in [-0.05, 0) is 42.0 Å². The van der Waals surface area contributed by atoms with Gasteiger partial charge in [0.1, 0.15) is 5.52 Å². The van der Waals surface area contributed by atoms with Gasteiger partial charge in [0.25, 0.3) is 5.91 Å². The zero-order valence-corrected chi connectivity index (χ0v) is 17.5. The van der Waals surface area contributed by atoms with Crippen LogP contribution in [0.5, 0.6) is 0 Å². The summed E-state index contributed by atoms with van der Waals surface area (Å²) in [5, 5.41) is 1.70. The van der Waals surface area contributed by atoms with Gasteiger partial charge in [0.05, 0.1) is 22.0 Å². The molecule has 4 rings (SSSR count). The topological polar surface area (TPSA) is 46.1 Å². The Kier molecular flexibility index (Phi) is 5.90. The number of carbonyl (C=O) groups excluding carboxylic acids is 1. The molecular weight excluding hydrogens is 425 g/mol. The molecule has 1 amide bonds. The van der Waals surface area contributed by atoms with E-state index >= 15 is 0 Å². The molecular formula is C22H15Cl2N3OS. The number of benzene rings is 2. The predicted molar refractivity (Wildman–Crippen MR) is 121 cm³/mol. The van der Waals surface area contributed by atoms with E-state index in [4.69, 9.17) is 23.2 Å². The first-order valence-electron chi connectivity index (χ1n) is 8.81. The van der Waals surface area contributed by atoms with Crippen molar-refractivity contribution in [1.82, 2.24) is 9.97 Å².